The maximum atomic E-state index is 13.7. The fourth-order valence-electron chi connectivity index (χ4n) is 2.52. The maximum absolute atomic E-state index is 13.7. The number of nitrogens with zero attached hydrogens (tertiary/aromatic N) is 2. The standard InChI is InChI=1S/C14H19FN2O2/c1-9(13-11(15)5-3-7-16-13)14(19)17-8-4-6-12(18)10(17)2/h3,5,7,9-10,12,18H,4,6,8H2,1-2H3. The zero-order valence-electron chi connectivity index (χ0n) is 11.2. The van der Waals surface area contributed by atoms with Crippen LogP contribution < -0.4 is 0 Å². The Balaban J connectivity index is 2.17. The zero-order chi connectivity index (χ0) is 14.0. The van der Waals surface area contributed by atoms with Crippen LogP contribution in [0.15, 0.2) is 18.3 Å². The molecule has 2 heterocycles. The monoisotopic (exact) mass is 266 g/mol. The predicted octanol–water partition coefficient (Wildman–Crippen LogP) is 1.70. The average molecular weight is 266 g/mol. The molecule has 19 heavy (non-hydrogen) atoms. The molecular formula is C14H19FN2O2. The molecule has 0 saturated carbocycles. The van der Waals surface area contributed by atoms with Crippen molar-refractivity contribution in [2.24, 2.45) is 0 Å². The minimum absolute atomic E-state index is 0.166. The third-order valence-corrected chi connectivity index (χ3v) is 3.80. The summed E-state index contributed by atoms with van der Waals surface area (Å²) in [4.78, 5) is 18.0. The van der Waals surface area contributed by atoms with E-state index >= 15 is 0 Å². The van der Waals surface area contributed by atoms with Crippen LogP contribution in [-0.2, 0) is 4.79 Å². The molecule has 2 rings (SSSR count). The first-order valence-electron chi connectivity index (χ1n) is 6.61. The summed E-state index contributed by atoms with van der Waals surface area (Å²) < 4.78 is 13.7. The second-order valence-corrected chi connectivity index (χ2v) is 5.07. The molecule has 3 unspecified atom stereocenters. The van der Waals surface area contributed by atoms with Gasteiger partial charge in [0.1, 0.15) is 5.82 Å². The van der Waals surface area contributed by atoms with E-state index in [-0.39, 0.29) is 17.6 Å². The molecular weight excluding hydrogens is 247 g/mol. The Labute approximate surface area is 112 Å². The van der Waals surface area contributed by atoms with Gasteiger partial charge in [-0.2, -0.15) is 0 Å². The number of aliphatic hydroxyl groups excluding tert-OH is 1. The summed E-state index contributed by atoms with van der Waals surface area (Å²) in [7, 11) is 0. The lowest BCUT2D eigenvalue weighted by Gasteiger charge is -2.38. The lowest BCUT2D eigenvalue weighted by atomic mass is 9.97. The molecule has 1 amide bonds. The van der Waals surface area contributed by atoms with Crippen molar-refractivity contribution < 1.29 is 14.3 Å². The van der Waals surface area contributed by atoms with Crippen molar-refractivity contribution in [1.82, 2.24) is 9.88 Å². The molecule has 1 aliphatic rings. The molecule has 3 atom stereocenters. The first-order valence-corrected chi connectivity index (χ1v) is 6.61. The number of aliphatic hydroxyl groups is 1. The third-order valence-electron chi connectivity index (χ3n) is 3.80. The highest BCUT2D eigenvalue weighted by molar-refractivity contribution is 5.83. The van der Waals surface area contributed by atoms with Gasteiger partial charge in [-0.3, -0.25) is 9.78 Å². The Bertz CT molecular complexity index is 467. The summed E-state index contributed by atoms with van der Waals surface area (Å²) in [5.41, 5.74) is 0.166. The first-order chi connectivity index (χ1) is 9.02. The van der Waals surface area contributed by atoms with Crippen LogP contribution in [0.5, 0.6) is 0 Å². The SMILES string of the molecule is CC(C(=O)N1CCCC(O)C1C)c1ncccc1F. The van der Waals surface area contributed by atoms with Crippen LogP contribution in [0.2, 0.25) is 0 Å². The molecule has 1 fully saturated rings. The highest BCUT2D eigenvalue weighted by atomic mass is 19.1. The maximum Gasteiger partial charge on any atom is 0.231 e. The van der Waals surface area contributed by atoms with Crippen molar-refractivity contribution in [3.8, 4) is 0 Å². The number of rotatable bonds is 2. The van der Waals surface area contributed by atoms with Crippen molar-refractivity contribution in [2.75, 3.05) is 6.54 Å². The summed E-state index contributed by atoms with van der Waals surface area (Å²) in [5.74, 6) is -1.27. The number of amides is 1. The second kappa shape index (κ2) is 5.65. The second-order valence-electron chi connectivity index (χ2n) is 5.07. The molecule has 1 saturated heterocycles. The number of aromatic nitrogens is 1. The molecule has 0 aromatic carbocycles. The number of pyridine rings is 1. The molecule has 1 aliphatic heterocycles. The minimum atomic E-state index is -0.631. The van der Waals surface area contributed by atoms with Gasteiger partial charge in [0.25, 0.3) is 0 Å². The number of likely N-dealkylation sites (tertiary alicyclic amines) is 1. The van der Waals surface area contributed by atoms with E-state index in [1.807, 2.05) is 6.92 Å². The van der Waals surface area contributed by atoms with E-state index in [4.69, 9.17) is 0 Å². The van der Waals surface area contributed by atoms with Crippen molar-refractivity contribution in [2.45, 2.75) is 44.8 Å². The van der Waals surface area contributed by atoms with Crippen molar-refractivity contribution in [3.63, 3.8) is 0 Å². The number of halogens is 1. The Kier molecular flexibility index (Phi) is 4.14. The van der Waals surface area contributed by atoms with Gasteiger partial charge in [-0.25, -0.2) is 4.39 Å². The van der Waals surface area contributed by atoms with Gasteiger partial charge in [0, 0.05) is 12.7 Å². The highest BCUT2D eigenvalue weighted by Gasteiger charge is 2.33. The number of carbonyl (C=O) groups excluding carboxylic acids is 1. The van der Waals surface area contributed by atoms with Gasteiger partial charge in [-0.05, 0) is 38.8 Å². The fraction of sp³-hybridized carbons (Fsp3) is 0.571. The normalized spacial score (nSPS) is 25.2. The molecule has 5 heteroatoms. The summed E-state index contributed by atoms with van der Waals surface area (Å²) >= 11 is 0. The molecule has 0 bridgehead atoms. The Morgan fingerprint density at radius 3 is 3.05 bits per heavy atom. The topological polar surface area (TPSA) is 53.4 Å². The van der Waals surface area contributed by atoms with Gasteiger partial charge >= 0.3 is 0 Å². The molecule has 0 aliphatic carbocycles. The van der Waals surface area contributed by atoms with Crippen LogP contribution in [0.25, 0.3) is 0 Å². The zero-order valence-corrected chi connectivity index (χ0v) is 11.2. The van der Waals surface area contributed by atoms with Crippen molar-refractivity contribution >= 4 is 5.91 Å². The number of carbonyl (C=O) groups is 1. The van der Waals surface area contributed by atoms with E-state index in [1.54, 1.807) is 11.8 Å². The Hall–Kier alpha value is -1.49. The van der Waals surface area contributed by atoms with Crippen LogP contribution in [0.3, 0.4) is 0 Å². The van der Waals surface area contributed by atoms with Gasteiger partial charge in [0.15, 0.2) is 0 Å². The van der Waals surface area contributed by atoms with Crippen LogP contribution in [0.1, 0.15) is 38.3 Å². The highest BCUT2D eigenvalue weighted by Crippen LogP contribution is 2.24. The quantitative estimate of drug-likeness (QED) is 0.886. The molecule has 4 nitrogen and oxygen atoms in total. The van der Waals surface area contributed by atoms with Crippen LogP contribution >= 0.6 is 0 Å². The van der Waals surface area contributed by atoms with Crippen molar-refractivity contribution in [3.05, 3.63) is 29.8 Å². The van der Waals surface area contributed by atoms with Crippen molar-refractivity contribution in [1.29, 1.82) is 0 Å². The average Bonchev–Trinajstić information content (AvgIpc) is 2.41. The largest absolute Gasteiger partial charge is 0.391 e. The predicted molar refractivity (Wildman–Crippen MR) is 69.0 cm³/mol. The Morgan fingerprint density at radius 2 is 2.37 bits per heavy atom. The van der Waals surface area contributed by atoms with E-state index in [2.05, 4.69) is 4.98 Å². The third kappa shape index (κ3) is 2.76. The van der Waals surface area contributed by atoms with Crippen LogP contribution in [0, 0.1) is 5.82 Å². The van der Waals surface area contributed by atoms with E-state index in [0.717, 1.165) is 6.42 Å². The first kappa shape index (κ1) is 13.9. The molecule has 1 aromatic heterocycles. The summed E-state index contributed by atoms with van der Waals surface area (Å²) in [5, 5.41) is 9.82. The van der Waals surface area contributed by atoms with Crippen LogP contribution in [0.4, 0.5) is 4.39 Å². The number of piperidine rings is 1. The summed E-state index contributed by atoms with van der Waals surface area (Å²) in [6.07, 6.45) is 2.46. The molecule has 104 valence electrons. The summed E-state index contributed by atoms with van der Waals surface area (Å²) in [6, 6.07) is 2.58. The lowest BCUT2D eigenvalue weighted by molar-refractivity contribution is -0.139. The van der Waals surface area contributed by atoms with E-state index < -0.39 is 17.8 Å². The van der Waals surface area contributed by atoms with Gasteiger partial charge in [-0.15, -0.1) is 0 Å². The van der Waals surface area contributed by atoms with Gasteiger partial charge in [0.05, 0.1) is 23.8 Å². The van der Waals surface area contributed by atoms with E-state index in [1.165, 1.54) is 18.3 Å². The van der Waals surface area contributed by atoms with Gasteiger partial charge < -0.3 is 10.0 Å². The van der Waals surface area contributed by atoms with Crippen LogP contribution in [-0.4, -0.2) is 39.6 Å². The lowest BCUT2D eigenvalue weighted by Crippen LogP contribution is -2.50. The van der Waals surface area contributed by atoms with Gasteiger partial charge in [0.2, 0.25) is 5.91 Å². The van der Waals surface area contributed by atoms with E-state index in [0.29, 0.717) is 13.0 Å². The molecule has 1 aromatic rings. The smallest absolute Gasteiger partial charge is 0.231 e. The molecule has 1 N–H and O–H groups in total. The minimum Gasteiger partial charge on any atom is -0.391 e. The van der Waals surface area contributed by atoms with E-state index in [9.17, 15) is 14.3 Å². The number of hydrogen-bond acceptors (Lipinski definition) is 3. The molecule has 0 spiro atoms. The number of hydrogen-bond donors (Lipinski definition) is 1. The Morgan fingerprint density at radius 1 is 1.63 bits per heavy atom. The van der Waals surface area contributed by atoms with Gasteiger partial charge in [-0.1, -0.05) is 0 Å². The summed E-state index contributed by atoms with van der Waals surface area (Å²) in [6.45, 7) is 4.08. The fourth-order valence-corrected chi connectivity index (χ4v) is 2.52. The molecule has 0 radical (unpaired) electrons.